The molecule has 1 aliphatic heterocycles. The monoisotopic (exact) mass is 428 g/mol. The summed E-state index contributed by atoms with van der Waals surface area (Å²) in [5, 5.41) is 0. The third-order valence-electron chi connectivity index (χ3n) is 7.62. The van der Waals surface area contributed by atoms with Crippen LogP contribution in [0, 0.1) is 11.8 Å². The summed E-state index contributed by atoms with van der Waals surface area (Å²) in [4.78, 5) is 27.2. The van der Waals surface area contributed by atoms with Gasteiger partial charge in [0.2, 0.25) is 0 Å². The van der Waals surface area contributed by atoms with Crippen LogP contribution in [0.2, 0.25) is 0 Å². The number of aromatic nitrogens is 2. The number of hydrogen-bond donors (Lipinski definition) is 0. The molecule has 5 nitrogen and oxygen atoms in total. The van der Waals surface area contributed by atoms with Crippen LogP contribution < -0.4 is 4.90 Å². The van der Waals surface area contributed by atoms with Crippen molar-refractivity contribution in [3.63, 3.8) is 0 Å². The standard InChI is InChI=1S/C26H44N4O/c1-7-22-16-29(19(5)6)17-23(8-2)30(22)25-13-14-27-26(28-25)21-11-9-20(10-12-21)15-24(31)18(3)4/h13-14,18-23H,7-12,15-17H2,1-6H3/t20-,21-,22?,23?. The number of ketones is 1. The van der Waals surface area contributed by atoms with Crippen molar-refractivity contribution in [3.05, 3.63) is 18.1 Å². The number of hydrogen-bond acceptors (Lipinski definition) is 5. The van der Waals surface area contributed by atoms with E-state index in [-0.39, 0.29) is 5.92 Å². The minimum atomic E-state index is 0.159. The number of carbonyl (C=O) groups is 1. The molecule has 0 spiro atoms. The van der Waals surface area contributed by atoms with Crippen LogP contribution in [0.5, 0.6) is 0 Å². The van der Waals surface area contributed by atoms with Crippen molar-refractivity contribution in [3.8, 4) is 0 Å². The van der Waals surface area contributed by atoms with Crippen LogP contribution in [0.1, 0.15) is 98.2 Å². The van der Waals surface area contributed by atoms with Crippen LogP contribution >= 0.6 is 0 Å². The predicted molar refractivity (Wildman–Crippen MR) is 129 cm³/mol. The highest BCUT2D eigenvalue weighted by Gasteiger charge is 2.35. The van der Waals surface area contributed by atoms with Crippen LogP contribution in [-0.4, -0.2) is 51.9 Å². The van der Waals surface area contributed by atoms with E-state index in [1.165, 1.54) is 0 Å². The number of anilines is 1. The van der Waals surface area contributed by atoms with Gasteiger partial charge in [-0.25, -0.2) is 9.97 Å². The lowest BCUT2D eigenvalue weighted by atomic mass is 9.78. The van der Waals surface area contributed by atoms with E-state index in [9.17, 15) is 4.79 Å². The van der Waals surface area contributed by atoms with E-state index < -0.39 is 0 Å². The highest BCUT2D eigenvalue weighted by molar-refractivity contribution is 5.80. The Kier molecular flexibility index (Phi) is 8.49. The zero-order valence-corrected chi connectivity index (χ0v) is 20.7. The van der Waals surface area contributed by atoms with Gasteiger partial charge in [0.05, 0.1) is 0 Å². The number of nitrogens with zero attached hydrogens (tertiary/aromatic N) is 4. The Labute approximate surface area is 190 Å². The minimum Gasteiger partial charge on any atom is -0.348 e. The molecule has 2 fully saturated rings. The van der Waals surface area contributed by atoms with E-state index in [0.29, 0.717) is 35.7 Å². The molecule has 1 saturated carbocycles. The molecule has 0 radical (unpaired) electrons. The second kappa shape index (κ2) is 10.9. The van der Waals surface area contributed by atoms with Crippen LogP contribution in [0.25, 0.3) is 0 Å². The van der Waals surface area contributed by atoms with Gasteiger partial charge < -0.3 is 4.90 Å². The molecule has 1 aliphatic carbocycles. The SMILES string of the molecule is CCC1CN(C(C)C)CC(CC)N1c1ccnc([C@H]2CC[C@H](CC(=O)C(C)C)CC2)n1. The highest BCUT2D eigenvalue weighted by atomic mass is 16.1. The summed E-state index contributed by atoms with van der Waals surface area (Å²) in [6, 6.07) is 3.71. The van der Waals surface area contributed by atoms with Gasteiger partial charge in [0.15, 0.2) is 0 Å². The second-order valence-electron chi connectivity index (χ2n) is 10.4. The maximum absolute atomic E-state index is 12.1. The number of carbonyl (C=O) groups excluding carboxylic acids is 1. The smallest absolute Gasteiger partial charge is 0.135 e. The number of rotatable bonds is 8. The first-order chi connectivity index (χ1) is 14.8. The first-order valence-corrected chi connectivity index (χ1v) is 12.7. The van der Waals surface area contributed by atoms with Crippen molar-refractivity contribution in [2.24, 2.45) is 11.8 Å². The summed E-state index contributed by atoms with van der Waals surface area (Å²) in [5.74, 6) is 3.69. The fraction of sp³-hybridized carbons (Fsp3) is 0.808. The fourth-order valence-electron chi connectivity index (χ4n) is 5.39. The summed E-state index contributed by atoms with van der Waals surface area (Å²) in [6.45, 7) is 15.5. The molecule has 174 valence electrons. The van der Waals surface area contributed by atoms with Gasteiger partial charge >= 0.3 is 0 Å². The normalized spacial score (nSPS) is 27.8. The summed E-state index contributed by atoms with van der Waals surface area (Å²) in [5.41, 5.74) is 0. The zero-order valence-electron chi connectivity index (χ0n) is 20.7. The first kappa shape index (κ1) is 24.2. The van der Waals surface area contributed by atoms with Gasteiger partial charge in [0, 0.05) is 55.7 Å². The zero-order chi connectivity index (χ0) is 22.5. The molecule has 0 amide bonds. The molecule has 0 N–H and O–H groups in total. The Balaban J connectivity index is 1.70. The van der Waals surface area contributed by atoms with Gasteiger partial charge in [-0.15, -0.1) is 0 Å². The average molecular weight is 429 g/mol. The summed E-state index contributed by atoms with van der Waals surface area (Å²) in [6.07, 6.45) is 9.45. The molecule has 2 atom stereocenters. The third kappa shape index (κ3) is 5.85. The molecule has 2 unspecified atom stereocenters. The first-order valence-electron chi connectivity index (χ1n) is 12.7. The lowest BCUT2D eigenvalue weighted by molar-refractivity contribution is -0.123. The molecule has 1 aromatic heterocycles. The van der Waals surface area contributed by atoms with Gasteiger partial charge in [-0.2, -0.15) is 0 Å². The summed E-state index contributed by atoms with van der Waals surface area (Å²) in [7, 11) is 0. The van der Waals surface area contributed by atoms with E-state index >= 15 is 0 Å². The highest BCUT2D eigenvalue weighted by Crippen LogP contribution is 2.37. The van der Waals surface area contributed by atoms with Crippen molar-refractivity contribution in [2.75, 3.05) is 18.0 Å². The van der Waals surface area contributed by atoms with Gasteiger partial charge in [-0.05, 0) is 64.4 Å². The van der Waals surface area contributed by atoms with Crippen molar-refractivity contribution < 1.29 is 4.79 Å². The Morgan fingerprint density at radius 3 is 2.16 bits per heavy atom. The third-order valence-corrected chi connectivity index (χ3v) is 7.62. The van der Waals surface area contributed by atoms with Crippen LogP contribution in [0.3, 0.4) is 0 Å². The Bertz CT molecular complexity index is 697. The maximum Gasteiger partial charge on any atom is 0.135 e. The molecule has 1 aromatic rings. The molecule has 3 rings (SSSR count). The minimum absolute atomic E-state index is 0.159. The van der Waals surface area contributed by atoms with Crippen molar-refractivity contribution >= 4 is 11.6 Å². The Morgan fingerprint density at radius 1 is 1.03 bits per heavy atom. The van der Waals surface area contributed by atoms with E-state index in [1.807, 2.05) is 20.0 Å². The average Bonchev–Trinajstić information content (AvgIpc) is 2.78. The Morgan fingerprint density at radius 2 is 1.65 bits per heavy atom. The largest absolute Gasteiger partial charge is 0.348 e. The summed E-state index contributed by atoms with van der Waals surface area (Å²) >= 11 is 0. The van der Waals surface area contributed by atoms with Crippen LogP contribution in [0.4, 0.5) is 5.82 Å². The van der Waals surface area contributed by atoms with Gasteiger partial charge in [-0.3, -0.25) is 9.69 Å². The van der Waals surface area contributed by atoms with E-state index in [1.54, 1.807) is 0 Å². The molecular formula is C26H44N4O. The van der Waals surface area contributed by atoms with Crippen LogP contribution in [0.15, 0.2) is 12.3 Å². The van der Waals surface area contributed by atoms with Crippen molar-refractivity contribution in [1.82, 2.24) is 14.9 Å². The Hall–Kier alpha value is -1.49. The molecule has 5 heteroatoms. The van der Waals surface area contributed by atoms with E-state index in [4.69, 9.17) is 9.97 Å². The topological polar surface area (TPSA) is 49.3 Å². The number of Topliss-reactive ketones (excluding diaryl/α,β-unsaturated/α-hetero) is 1. The molecule has 31 heavy (non-hydrogen) atoms. The van der Waals surface area contributed by atoms with E-state index in [2.05, 4.69) is 43.6 Å². The van der Waals surface area contributed by atoms with Crippen molar-refractivity contribution in [2.45, 2.75) is 111 Å². The molecule has 2 aliphatic rings. The lowest BCUT2D eigenvalue weighted by Gasteiger charge is -2.48. The number of piperazine rings is 1. The molecule has 1 saturated heterocycles. The maximum atomic E-state index is 12.1. The molecule has 0 aromatic carbocycles. The molecule has 2 heterocycles. The van der Waals surface area contributed by atoms with Gasteiger partial charge in [0.25, 0.3) is 0 Å². The molecular weight excluding hydrogens is 384 g/mol. The second-order valence-corrected chi connectivity index (χ2v) is 10.4. The van der Waals surface area contributed by atoms with Gasteiger partial charge in [0.1, 0.15) is 17.4 Å². The van der Waals surface area contributed by atoms with E-state index in [0.717, 1.165) is 69.7 Å². The lowest BCUT2D eigenvalue weighted by Crippen LogP contribution is -2.60. The van der Waals surface area contributed by atoms with Crippen molar-refractivity contribution in [1.29, 1.82) is 0 Å². The summed E-state index contributed by atoms with van der Waals surface area (Å²) < 4.78 is 0. The predicted octanol–water partition coefficient (Wildman–Crippen LogP) is 5.45. The van der Waals surface area contributed by atoms with Gasteiger partial charge in [-0.1, -0.05) is 27.7 Å². The quantitative estimate of drug-likeness (QED) is 0.551. The fourth-order valence-corrected chi connectivity index (χ4v) is 5.39. The molecule has 0 bridgehead atoms. The van der Waals surface area contributed by atoms with Crippen LogP contribution in [-0.2, 0) is 4.79 Å².